The van der Waals surface area contributed by atoms with E-state index >= 15 is 0 Å². The number of hydrogen-bond donors (Lipinski definition) is 3. The maximum atomic E-state index is 13.7. The van der Waals surface area contributed by atoms with E-state index in [9.17, 15) is 31.5 Å². The molecule has 1 amide bonds. The minimum absolute atomic E-state index is 0.0516. The van der Waals surface area contributed by atoms with E-state index in [1.165, 1.54) is 17.0 Å². The van der Waals surface area contributed by atoms with Crippen molar-refractivity contribution in [2.24, 2.45) is 5.92 Å². The molecule has 3 N–H and O–H groups in total. The summed E-state index contributed by atoms with van der Waals surface area (Å²) >= 11 is 0. The Kier molecular flexibility index (Phi) is 9.66. The van der Waals surface area contributed by atoms with E-state index in [0.717, 1.165) is 48.3 Å². The van der Waals surface area contributed by atoms with Crippen molar-refractivity contribution in [3.05, 3.63) is 48.2 Å². The molecule has 4 rings (SSSR count). The van der Waals surface area contributed by atoms with Crippen LogP contribution in [0.3, 0.4) is 0 Å². The van der Waals surface area contributed by atoms with Gasteiger partial charge in [0.05, 0.1) is 28.3 Å². The summed E-state index contributed by atoms with van der Waals surface area (Å²) in [7, 11) is -1.66. The second-order valence-electron chi connectivity index (χ2n) is 11.3. The molecule has 0 atom stereocenters. The fourth-order valence-electron chi connectivity index (χ4n) is 5.37. The van der Waals surface area contributed by atoms with Crippen LogP contribution >= 0.6 is 0 Å². The van der Waals surface area contributed by atoms with Crippen LogP contribution in [-0.4, -0.2) is 62.1 Å². The lowest BCUT2D eigenvalue weighted by atomic mass is 9.91. The summed E-state index contributed by atoms with van der Waals surface area (Å²) < 4.78 is 66.0. The number of phenols is 1. The Morgan fingerprint density at radius 1 is 1.12 bits per heavy atom. The van der Waals surface area contributed by atoms with Gasteiger partial charge in [0.1, 0.15) is 12.3 Å². The topological polar surface area (TPSA) is 104 Å². The second-order valence-corrected chi connectivity index (χ2v) is 13.3. The molecule has 1 fully saturated rings. The number of aromatic hydroxyl groups is 1. The van der Waals surface area contributed by atoms with Crippen molar-refractivity contribution in [2.45, 2.75) is 69.2 Å². The molecule has 1 aliphatic rings. The lowest BCUT2D eigenvalue weighted by Crippen LogP contribution is -2.34. The van der Waals surface area contributed by atoms with Crippen LogP contribution in [0.1, 0.15) is 45.2 Å². The molecule has 232 valence electrons. The molecule has 1 aromatic heterocycles. The average Bonchev–Trinajstić information content (AvgIpc) is 3.27. The van der Waals surface area contributed by atoms with Crippen LogP contribution in [0.25, 0.3) is 10.9 Å². The van der Waals surface area contributed by atoms with Gasteiger partial charge in [-0.3, -0.25) is 9.69 Å². The number of rotatable bonds is 8. The first kappa shape index (κ1) is 32.2. The number of benzene rings is 2. The Labute approximate surface area is 250 Å². The summed E-state index contributed by atoms with van der Waals surface area (Å²) in [4.78, 5) is 14.1. The predicted octanol–water partition coefficient (Wildman–Crippen LogP) is 5.30. The van der Waals surface area contributed by atoms with Crippen LogP contribution < -0.4 is 15.5 Å². The summed E-state index contributed by atoms with van der Waals surface area (Å²) in [5.41, 5.74) is 1.31. The predicted molar refractivity (Wildman–Crippen MR) is 162 cm³/mol. The molecule has 8 nitrogen and oxygen atoms in total. The van der Waals surface area contributed by atoms with Crippen molar-refractivity contribution in [1.82, 2.24) is 9.88 Å². The molecule has 3 aromatic rings. The number of nitrogens with one attached hydrogen (secondary N) is 2. The highest BCUT2D eigenvalue weighted by molar-refractivity contribution is 7.90. The number of alkyl halides is 3. The van der Waals surface area contributed by atoms with Crippen molar-refractivity contribution in [2.75, 3.05) is 30.1 Å². The summed E-state index contributed by atoms with van der Waals surface area (Å²) in [5, 5.41) is 18.0. The Morgan fingerprint density at radius 2 is 1.79 bits per heavy atom. The molecule has 1 aliphatic carbocycles. The standard InChI is InChI=1S/C31H37F3N4O4S/c1-20(2)30(40)37(28-15-14-24(18-29(28)39)43(4,41)42)16-6-7-23-17-25-26(36-22-12-10-21(35-3)11-13-22)8-5-9-27(25)38(23)19-31(32,33)34/h5,8-9,14-15,17-18,20-22,35-36,39H,10-13,16,19H2,1-4H3. The zero-order valence-corrected chi connectivity index (χ0v) is 25.4. The number of aromatic nitrogens is 1. The molecule has 0 saturated heterocycles. The first-order chi connectivity index (χ1) is 20.2. The Morgan fingerprint density at radius 3 is 2.37 bits per heavy atom. The first-order valence-corrected chi connectivity index (χ1v) is 16.0. The third kappa shape index (κ3) is 7.83. The average molecular weight is 619 g/mol. The van der Waals surface area contributed by atoms with Crippen molar-refractivity contribution < 1.29 is 31.5 Å². The zero-order chi connectivity index (χ0) is 31.5. The molecule has 2 aromatic carbocycles. The third-order valence-electron chi connectivity index (χ3n) is 7.66. The largest absolute Gasteiger partial charge is 0.506 e. The number of hydrogen-bond acceptors (Lipinski definition) is 6. The summed E-state index contributed by atoms with van der Waals surface area (Å²) in [6, 6.07) is 11.1. The molecular weight excluding hydrogens is 581 g/mol. The highest BCUT2D eigenvalue weighted by Crippen LogP contribution is 2.33. The van der Waals surface area contributed by atoms with Gasteiger partial charge in [0, 0.05) is 41.4 Å². The molecule has 0 unspecified atom stereocenters. The summed E-state index contributed by atoms with van der Waals surface area (Å²) in [6.45, 7) is 1.84. The van der Waals surface area contributed by atoms with Gasteiger partial charge in [-0.1, -0.05) is 25.8 Å². The quantitative estimate of drug-likeness (QED) is 0.297. The fraction of sp³-hybridized carbons (Fsp3) is 0.452. The number of fused-ring (bicyclic) bond motifs is 1. The molecule has 0 bridgehead atoms. The van der Waals surface area contributed by atoms with Crippen molar-refractivity contribution in [1.29, 1.82) is 0 Å². The second kappa shape index (κ2) is 12.9. The van der Waals surface area contributed by atoms with Gasteiger partial charge in [0.15, 0.2) is 9.84 Å². The first-order valence-electron chi connectivity index (χ1n) is 14.1. The summed E-state index contributed by atoms with van der Waals surface area (Å²) in [6.07, 6.45) is 0.400. The van der Waals surface area contributed by atoms with Crippen molar-refractivity contribution in [3.8, 4) is 17.6 Å². The van der Waals surface area contributed by atoms with Crippen LogP contribution in [-0.2, 0) is 21.2 Å². The van der Waals surface area contributed by atoms with Gasteiger partial charge in [-0.05, 0) is 69.0 Å². The molecule has 0 aliphatic heterocycles. The van der Waals surface area contributed by atoms with Gasteiger partial charge >= 0.3 is 6.18 Å². The van der Waals surface area contributed by atoms with E-state index in [-0.39, 0.29) is 28.9 Å². The van der Waals surface area contributed by atoms with Crippen LogP contribution in [0.2, 0.25) is 0 Å². The molecular formula is C31H37F3N4O4S. The van der Waals surface area contributed by atoms with E-state index in [4.69, 9.17) is 0 Å². The molecule has 0 radical (unpaired) electrons. The number of phenolic OH excluding ortho intramolecular Hbond substituents is 1. The van der Waals surface area contributed by atoms with Crippen molar-refractivity contribution >= 4 is 38.0 Å². The highest BCUT2D eigenvalue weighted by atomic mass is 32.2. The number of anilines is 2. The number of sulfone groups is 1. The number of carbonyl (C=O) groups excluding carboxylic acids is 1. The third-order valence-corrected chi connectivity index (χ3v) is 8.77. The van der Waals surface area contributed by atoms with E-state index in [1.54, 1.807) is 32.0 Å². The molecule has 0 spiro atoms. The molecule has 12 heteroatoms. The minimum Gasteiger partial charge on any atom is -0.506 e. The van der Waals surface area contributed by atoms with Crippen LogP contribution in [0.4, 0.5) is 24.5 Å². The van der Waals surface area contributed by atoms with Gasteiger partial charge in [-0.25, -0.2) is 8.42 Å². The normalized spacial score (nSPS) is 17.5. The lowest BCUT2D eigenvalue weighted by Gasteiger charge is -2.29. The Hall–Kier alpha value is -3.69. The SMILES string of the molecule is CNC1CCC(Nc2cccc3c2cc(C#CCN(C(=O)C(C)C)c2ccc(S(C)(=O)=O)cc2O)n3CC(F)(F)F)CC1. The number of nitrogens with zero attached hydrogens (tertiary/aromatic N) is 2. The fourth-order valence-corrected chi connectivity index (χ4v) is 6.02. The lowest BCUT2D eigenvalue weighted by molar-refractivity contribution is -0.140. The maximum absolute atomic E-state index is 13.7. The van der Waals surface area contributed by atoms with Crippen LogP contribution in [0.15, 0.2) is 47.4 Å². The van der Waals surface area contributed by atoms with Gasteiger partial charge in [-0.2, -0.15) is 13.2 Å². The number of amides is 1. The van der Waals surface area contributed by atoms with Crippen LogP contribution in [0.5, 0.6) is 5.75 Å². The number of carbonyl (C=O) groups is 1. The van der Waals surface area contributed by atoms with E-state index in [0.29, 0.717) is 16.9 Å². The van der Waals surface area contributed by atoms with Gasteiger partial charge in [0.2, 0.25) is 5.91 Å². The number of halogens is 3. The zero-order valence-electron chi connectivity index (χ0n) is 24.6. The van der Waals surface area contributed by atoms with E-state index < -0.39 is 40.1 Å². The molecule has 43 heavy (non-hydrogen) atoms. The maximum Gasteiger partial charge on any atom is 0.406 e. The van der Waals surface area contributed by atoms with Gasteiger partial charge in [0.25, 0.3) is 0 Å². The smallest absolute Gasteiger partial charge is 0.406 e. The Balaban J connectivity index is 1.69. The van der Waals surface area contributed by atoms with E-state index in [2.05, 4.69) is 22.5 Å². The van der Waals surface area contributed by atoms with Gasteiger partial charge < -0.3 is 20.3 Å². The molecule has 1 saturated carbocycles. The monoisotopic (exact) mass is 618 g/mol. The summed E-state index contributed by atoms with van der Waals surface area (Å²) in [5.74, 6) is 4.32. The van der Waals surface area contributed by atoms with Crippen LogP contribution in [0, 0.1) is 17.8 Å². The van der Waals surface area contributed by atoms with E-state index in [1.807, 2.05) is 13.1 Å². The molecule has 1 heterocycles. The Bertz CT molecular complexity index is 1650. The highest BCUT2D eigenvalue weighted by Gasteiger charge is 2.30. The minimum atomic E-state index is -4.50. The van der Waals surface area contributed by atoms with Gasteiger partial charge in [-0.15, -0.1) is 0 Å². The van der Waals surface area contributed by atoms with Crippen molar-refractivity contribution in [3.63, 3.8) is 0 Å².